The number of hydrogen-bond donors (Lipinski definition) is 1. The Labute approximate surface area is 113 Å². The Morgan fingerprint density at radius 1 is 1.22 bits per heavy atom. The van der Waals surface area contributed by atoms with Crippen molar-refractivity contribution >= 4 is 21.8 Å². The maximum atomic E-state index is 13.8. The van der Waals surface area contributed by atoms with Gasteiger partial charge in [0, 0.05) is 11.4 Å². The van der Waals surface area contributed by atoms with Gasteiger partial charge in [-0.25, -0.2) is 4.39 Å². The minimum absolute atomic E-state index is 0.0110. The summed E-state index contributed by atoms with van der Waals surface area (Å²) in [7, 11) is 0. The molecule has 1 aromatic carbocycles. The second kappa shape index (κ2) is 4.94. The lowest BCUT2D eigenvalue weighted by Gasteiger charge is -2.12. The molecule has 0 aliphatic heterocycles. The first-order valence-corrected chi connectivity index (χ1v) is 6.20. The average molecular weight is 311 g/mol. The fraction of sp³-hybridized carbons (Fsp3) is 0.154. The Balaban J connectivity index is 2.31. The number of halogens is 2. The summed E-state index contributed by atoms with van der Waals surface area (Å²) in [6.07, 6.45) is 0. The summed E-state index contributed by atoms with van der Waals surface area (Å²) < 4.78 is 15.7. The smallest absolute Gasteiger partial charge is 0.267 e. The number of aryl methyl sites for hydroxylation is 2. The summed E-state index contributed by atoms with van der Waals surface area (Å²) in [5.41, 5.74) is 4.44. The van der Waals surface area contributed by atoms with E-state index in [0.29, 0.717) is 0 Å². The van der Waals surface area contributed by atoms with Crippen molar-refractivity contribution in [2.45, 2.75) is 13.8 Å². The predicted octanol–water partition coefficient (Wildman–Crippen LogP) is 3.39. The lowest BCUT2D eigenvalue weighted by atomic mass is 10.2. The Hall–Kier alpha value is -1.62. The van der Waals surface area contributed by atoms with E-state index in [-0.39, 0.29) is 10.0 Å². The topological polar surface area (TPSA) is 34.0 Å². The van der Waals surface area contributed by atoms with E-state index in [1.165, 1.54) is 6.07 Å². The molecule has 1 heterocycles. The molecule has 1 amide bonds. The fourth-order valence-corrected chi connectivity index (χ4v) is 2.05. The monoisotopic (exact) mass is 310 g/mol. The van der Waals surface area contributed by atoms with Crippen LogP contribution in [0.2, 0.25) is 0 Å². The van der Waals surface area contributed by atoms with Crippen molar-refractivity contribution < 1.29 is 9.18 Å². The first-order valence-electron chi connectivity index (χ1n) is 5.41. The van der Waals surface area contributed by atoms with Crippen molar-refractivity contribution in [3.63, 3.8) is 0 Å². The lowest BCUT2D eigenvalue weighted by molar-refractivity contribution is 0.100. The van der Waals surface area contributed by atoms with E-state index in [0.717, 1.165) is 11.4 Å². The van der Waals surface area contributed by atoms with Crippen molar-refractivity contribution in [1.82, 2.24) is 4.68 Å². The van der Waals surface area contributed by atoms with Crippen LogP contribution in [0.15, 0.2) is 34.8 Å². The molecule has 5 heteroatoms. The zero-order valence-electron chi connectivity index (χ0n) is 10.00. The highest BCUT2D eigenvalue weighted by Gasteiger charge is 2.15. The molecule has 0 aliphatic carbocycles. The number of carbonyl (C=O) groups excluding carboxylic acids is 1. The van der Waals surface area contributed by atoms with Gasteiger partial charge in [-0.05, 0) is 54.0 Å². The first kappa shape index (κ1) is 12.8. The Morgan fingerprint density at radius 3 is 2.44 bits per heavy atom. The number of aromatic nitrogens is 1. The van der Waals surface area contributed by atoms with E-state index in [1.54, 1.807) is 16.8 Å². The molecule has 0 bridgehead atoms. The molecule has 0 atom stereocenters. The number of nitrogens with zero attached hydrogens (tertiary/aromatic N) is 1. The van der Waals surface area contributed by atoms with Gasteiger partial charge < -0.3 is 0 Å². The van der Waals surface area contributed by atoms with Gasteiger partial charge in [-0.1, -0.05) is 6.07 Å². The molecule has 18 heavy (non-hydrogen) atoms. The molecule has 0 spiro atoms. The molecule has 2 aromatic rings. The number of nitrogens with one attached hydrogen (secondary N) is 1. The molecule has 1 N–H and O–H groups in total. The summed E-state index contributed by atoms with van der Waals surface area (Å²) in [5.74, 6) is -1.03. The molecule has 0 saturated carbocycles. The van der Waals surface area contributed by atoms with E-state index in [9.17, 15) is 9.18 Å². The molecule has 3 nitrogen and oxygen atoms in total. The van der Waals surface area contributed by atoms with Gasteiger partial charge >= 0.3 is 0 Å². The zero-order chi connectivity index (χ0) is 13.3. The highest BCUT2D eigenvalue weighted by Crippen LogP contribution is 2.18. The predicted molar refractivity (Wildman–Crippen MR) is 71.7 cm³/mol. The molecule has 1 aromatic heterocycles. The first-order chi connectivity index (χ1) is 8.50. The van der Waals surface area contributed by atoms with Crippen LogP contribution in [-0.2, 0) is 0 Å². The van der Waals surface area contributed by atoms with Crippen LogP contribution in [0, 0.1) is 19.7 Å². The van der Waals surface area contributed by atoms with Crippen LogP contribution in [0.4, 0.5) is 4.39 Å². The summed E-state index contributed by atoms with van der Waals surface area (Å²) >= 11 is 3.06. The van der Waals surface area contributed by atoms with Crippen LogP contribution in [0.5, 0.6) is 0 Å². The number of benzene rings is 1. The van der Waals surface area contributed by atoms with Crippen LogP contribution in [-0.4, -0.2) is 10.6 Å². The molecular formula is C13H12BrFN2O. The number of carbonyl (C=O) groups is 1. The molecule has 0 saturated heterocycles. The SMILES string of the molecule is Cc1ccc(C)n1NC(=O)c1cccc(Br)c1F. The van der Waals surface area contributed by atoms with Gasteiger partial charge in [-0.15, -0.1) is 0 Å². The maximum Gasteiger partial charge on any atom is 0.273 e. The Morgan fingerprint density at radius 2 is 1.83 bits per heavy atom. The third-order valence-corrected chi connectivity index (χ3v) is 3.29. The number of amides is 1. The molecule has 94 valence electrons. The summed E-state index contributed by atoms with van der Waals surface area (Å²) in [6.45, 7) is 3.73. The van der Waals surface area contributed by atoms with Gasteiger partial charge in [0.05, 0.1) is 10.0 Å². The van der Waals surface area contributed by atoms with Crippen LogP contribution in [0.1, 0.15) is 21.7 Å². The van der Waals surface area contributed by atoms with Gasteiger partial charge in [0.2, 0.25) is 0 Å². The van der Waals surface area contributed by atoms with Crippen LogP contribution in [0.25, 0.3) is 0 Å². The Bertz CT molecular complexity index is 588. The average Bonchev–Trinajstić information content (AvgIpc) is 2.64. The molecule has 0 aliphatic rings. The fourth-order valence-electron chi connectivity index (χ4n) is 1.69. The molecule has 0 fully saturated rings. The summed E-state index contributed by atoms with van der Waals surface area (Å²) in [4.78, 5) is 12.0. The van der Waals surface area contributed by atoms with Gasteiger partial charge in [0.1, 0.15) is 5.82 Å². The van der Waals surface area contributed by atoms with E-state index in [1.807, 2.05) is 26.0 Å². The van der Waals surface area contributed by atoms with Crippen molar-refractivity contribution in [1.29, 1.82) is 0 Å². The number of hydrogen-bond acceptors (Lipinski definition) is 1. The van der Waals surface area contributed by atoms with E-state index in [4.69, 9.17) is 0 Å². The van der Waals surface area contributed by atoms with Gasteiger partial charge in [-0.3, -0.25) is 14.9 Å². The second-order valence-electron chi connectivity index (χ2n) is 3.99. The highest BCUT2D eigenvalue weighted by atomic mass is 79.9. The lowest BCUT2D eigenvalue weighted by Crippen LogP contribution is -2.25. The van der Waals surface area contributed by atoms with Crippen molar-refractivity contribution in [2.24, 2.45) is 0 Å². The van der Waals surface area contributed by atoms with Crippen LogP contribution in [0.3, 0.4) is 0 Å². The third kappa shape index (κ3) is 2.31. The van der Waals surface area contributed by atoms with Crippen molar-refractivity contribution in [2.75, 3.05) is 5.43 Å². The minimum atomic E-state index is -0.558. The zero-order valence-corrected chi connectivity index (χ0v) is 11.6. The maximum absolute atomic E-state index is 13.8. The van der Waals surface area contributed by atoms with E-state index in [2.05, 4.69) is 21.4 Å². The van der Waals surface area contributed by atoms with E-state index >= 15 is 0 Å². The summed E-state index contributed by atoms with van der Waals surface area (Å²) in [5, 5.41) is 0. The number of rotatable bonds is 2. The van der Waals surface area contributed by atoms with Gasteiger partial charge in [-0.2, -0.15) is 0 Å². The van der Waals surface area contributed by atoms with Crippen LogP contribution < -0.4 is 5.43 Å². The summed E-state index contributed by atoms with van der Waals surface area (Å²) in [6, 6.07) is 8.39. The largest absolute Gasteiger partial charge is 0.273 e. The molecule has 0 unspecified atom stereocenters. The molecular weight excluding hydrogens is 299 g/mol. The van der Waals surface area contributed by atoms with Crippen molar-refractivity contribution in [3.05, 3.63) is 57.6 Å². The molecule has 0 radical (unpaired) electrons. The van der Waals surface area contributed by atoms with Gasteiger partial charge in [0.25, 0.3) is 5.91 Å². The van der Waals surface area contributed by atoms with Crippen LogP contribution >= 0.6 is 15.9 Å². The minimum Gasteiger partial charge on any atom is -0.267 e. The van der Waals surface area contributed by atoms with Crippen molar-refractivity contribution in [3.8, 4) is 0 Å². The van der Waals surface area contributed by atoms with E-state index < -0.39 is 11.7 Å². The second-order valence-corrected chi connectivity index (χ2v) is 4.85. The van der Waals surface area contributed by atoms with Gasteiger partial charge in [0.15, 0.2) is 0 Å². The normalized spacial score (nSPS) is 10.4. The highest BCUT2D eigenvalue weighted by molar-refractivity contribution is 9.10. The third-order valence-electron chi connectivity index (χ3n) is 2.68. The molecule has 2 rings (SSSR count). The quantitative estimate of drug-likeness (QED) is 0.906. The Kier molecular flexibility index (Phi) is 3.52. The standard InChI is InChI=1S/C13H12BrFN2O/c1-8-6-7-9(2)17(8)16-13(18)10-4-3-5-11(14)12(10)15/h3-7H,1-2H3,(H,16,18).